The van der Waals surface area contributed by atoms with Crippen LogP contribution < -0.4 is 24.9 Å². The Morgan fingerprint density at radius 1 is 1.24 bits per heavy atom. The van der Waals surface area contributed by atoms with E-state index in [2.05, 4.69) is 48.8 Å². The minimum Gasteiger partial charge on any atom is -0.494 e. The molecule has 0 saturated carbocycles. The van der Waals surface area contributed by atoms with Crippen LogP contribution in [0.25, 0.3) is 6.08 Å². The van der Waals surface area contributed by atoms with E-state index in [0.717, 1.165) is 10.0 Å². The van der Waals surface area contributed by atoms with Crippen LogP contribution in [0.2, 0.25) is 0 Å². The van der Waals surface area contributed by atoms with Crippen molar-refractivity contribution in [3.05, 3.63) is 111 Å². The van der Waals surface area contributed by atoms with Gasteiger partial charge in [-0.1, -0.05) is 41.7 Å². The molecule has 0 spiro atoms. The minimum atomic E-state index is -0.665. The molecule has 1 aliphatic heterocycles. The molecule has 2 aromatic heterocycles. The van der Waals surface area contributed by atoms with Crippen molar-refractivity contribution >= 4 is 67.5 Å². The standard InChI is InChI=1S/C27H21BrIN3O4S/c1-3-35-18-11-9-16(10-12-18)23-22(25(33)31-17-7-5-4-6-8-17)15(2)30-27-32(23)26(34)21(37-27)14-19-13-20(28)24(29)36-19/h4-14,23H,3H2,1-2H3,(H,31,33)/b21-14+/t23-/m1/s1. The molecule has 188 valence electrons. The number of fused-ring (bicyclic) bond motifs is 1. The van der Waals surface area contributed by atoms with Crippen LogP contribution in [0.1, 0.15) is 31.2 Å². The zero-order valence-electron chi connectivity index (χ0n) is 19.8. The highest BCUT2D eigenvalue weighted by Gasteiger charge is 2.32. The third-order valence-electron chi connectivity index (χ3n) is 5.74. The van der Waals surface area contributed by atoms with Crippen molar-refractivity contribution in [1.29, 1.82) is 0 Å². The van der Waals surface area contributed by atoms with Gasteiger partial charge in [0, 0.05) is 34.4 Å². The molecule has 2 aromatic carbocycles. The SMILES string of the molecule is CCOc1ccc([C@@H]2C(C(=O)Nc3ccccc3)=C(C)N=c3s/c(=C/c4cc(Br)c(I)o4)c(=O)n32)cc1. The number of para-hydroxylation sites is 1. The number of anilines is 1. The van der Waals surface area contributed by atoms with Crippen LogP contribution in [-0.2, 0) is 4.79 Å². The number of ether oxygens (including phenoxy) is 1. The number of halogens is 2. The lowest BCUT2D eigenvalue weighted by molar-refractivity contribution is -0.113. The Kier molecular flexibility index (Phi) is 7.50. The van der Waals surface area contributed by atoms with Gasteiger partial charge in [0.05, 0.1) is 32.9 Å². The quantitative estimate of drug-likeness (QED) is 0.281. The number of hydrogen-bond acceptors (Lipinski definition) is 6. The second kappa shape index (κ2) is 10.8. The van der Waals surface area contributed by atoms with Gasteiger partial charge in [-0.2, -0.15) is 0 Å². The number of carbonyl (C=O) groups is 1. The van der Waals surface area contributed by atoms with E-state index >= 15 is 0 Å². The highest BCUT2D eigenvalue weighted by atomic mass is 127. The summed E-state index contributed by atoms with van der Waals surface area (Å²) in [6, 6.07) is 17.8. The van der Waals surface area contributed by atoms with Crippen LogP contribution in [0.15, 0.2) is 90.6 Å². The maximum absolute atomic E-state index is 13.7. The summed E-state index contributed by atoms with van der Waals surface area (Å²) in [5.74, 6) is 0.953. The molecule has 0 fully saturated rings. The van der Waals surface area contributed by atoms with Crippen molar-refractivity contribution in [2.45, 2.75) is 19.9 Å². The molecule has 0 bridgehead atoms. The summed E-state index contributed by atoms with van der Waals surface area (Å²) in [5, 5.41) is 2.96. The van der Waals surface area contributed by atoms with E-state index in [0.29, 0.717) is 48.2 Å². The van der Waals surface area contributed by atoms with E-state index in [1.807, 2.05) is 67.6 Å². The monoisotopic (exact) mass is 689 g/mol. The molecule has 7 nitrogen and oxygen atoms in total. The molecule has 10 heteroatoms. The topological polar surface area (TPSA) is 85.8 Å². The molecule has 1 N–H and O–H groups in total. The van der Waals surface area contributed by atoms with Crippen molar-refractivity contribution < 1.29 is 13.9 Å². The molecule has 1 amide bonds. The minimum absolute atomic E-state index is 0.248. The predicted molar refractivity (Wildman–Crippen MR) is 156 cm³/mol. The molecule has 0 unspecified atom stereocenters. The first-order valence-electron chi connectivity index (χ1n) is 11.4. The Labute approximate surface area is 238 Å². The van der Waals surface area contributed by atoms with E-state index in [-0.39, 0.29) is 11.5 Å². The molecular weight excluding hydrogens is 669 g/mol. The number of amides is 1. The van der Waals surface area contributed by atoms with Gasteiger partial charge in [-0.3, -0.25) is 14.2 Å². The van der Waals surface area contributed by atoms with E-state index in [9.17, 15) is 9.59 Å². The van der Waals surface area contributed by atoms with Crippen LogP contribution in [0, 0.1) is 3.77 Å². The number of thiazole rings is 1. The van der Waals surface area contributed by atoms with E-state index in [1.165, 1.54) is 11.3 Å². The highest BCUT2D eigenvalue weighted by Crippen LogP contribution is 2.32. The third kappa shape index (κ3) is 5.23. The summed E-state index contributed by atoms with van der Waals surface area (Å²) >= 11 is 6.78. The fourth-order valence-corrected chi connectivity index (χ4v) is 5.87. The summed E-state index contributed by atoms with van der Waals surface area (Å²) in [4.78, 5) is 32.5. The van der Waals surface area contributed by atoms with Gasteiger partial charge in [-0.15, -0.1) is 0 Å². The largest absolute Gasteiger partial charge is 0.494 e. The molecule has 37 heavy (non-hydrogen) atoms. The lowest BCUT2D eigenvalue weighted by atomic mass is 9.95. The Balaban J connectivity index is 1.66. The van der Waals surface area contributed by atoms with E-state index in [4.69, 9.17) is 9.15 Å². The van der Waals surface area contributed by atoms with Crippen molar-refractivity contribution in [3.63, 3.8) is 0 Å². The molecule has 3 heterocycles. The fraction of sp³-hybridized carbons (Fsp3) is 0.148. The second-order valence-corrected chi connectivity index (χ2v) is 11.0. The number of nitrogens with zero attached hydrogens (tertiary/aromatic N) is 2. The number of hydrogen-bond donors (Lipinski definition) is 1. The first-order chi connectivity index (χ1) is 17.9. The number of rotatable bonds is 6. The summed E-state index contributed by atoms with van der Waals surface area (Å²) in [6.07, 6.45) is 1.70. The van der Waals surface area contributed by atoms with Crippen LogP contribution in [0.3, 0.4) is 0 Å². The fourth-order valence-electron chi connectivity index (χ4n) is 4.12. The Morgan fingerprint density at radius 2 is 1.97 bits per heavy atom. The smallest absolute Gasteiger partial charge is 0.271 e. The second-order valence-electron chi connectivity index (χ2n) is 8.17. The lowest BCUT2D eigenvalue weighted by Crippen LogP contribution is -2.40. The van der Waals surface area contributed by atoms with Gasteiger partial charge < -0.3 is 14.5 Å². The van der Waals surface area contributed by atoms with Crippen LogP contribution >= 0.6 is 49.9 Å². The normalized spacial score (nSPS) is 15.4. The number of furan rings is 1. The van der Waals surface area contributed by atoms with Gasteiger partial charge in [-0.05, 0) is 65.7 Å². The molecule has 0 saturated heterocycles. The van der Waals surface area contributed by atoms with Gasteiger partial charge in [-0.25, -0.2) is 4.99 Å². The van der Waals surface area contributed by atoms with Gasteiger partial charge in [0.25, 0.3) is 11.5 Å². The van der Waals surface area contributed by atoms with Gasteiger partial charge in [0.15, 0.2) is 8.57 Å². The summed E-state index contributed by atoms with van der Waals surface area (Å²) < 4.78 is 14.9. The van der Waals surface area contributed by atoms with Crippen LogP contribution in [0.5, 0.6) is 5.75 Å². The van der Waals surface area contributed by atoms with Crippen molar-refractivity contribution in [2.24, 2.45) is 4.99 Å². The third-order valence-corrected chi connectivity index (χ3v) is 8.86. The average Bonchev–Trinajstić information content (AvgIpc) is 3.36. The molecule has 1 aliphatic rings. The first-order valence-corrected chi connectivity index (χ1v) is 14.1. The average molecular weight is 690 g/mol. The molecule has 0 aliphatic carbocycles. The number of benzene rings is 2. The molecule has 4 aromatic rings. The maximum Gasteiger partial charge on any atom is 0.271 e. The van der Waals surface area contributed by atoms with Crippen LogP contribution in [-0.4, -0.2) is 17.1 Å². The van der Waals surface area contributed by atoms with E-state index in [1.54, 1.807) is 17.6 Å². The molecule has 5 rings (SSSR count). The van der Waals surface area contributed by atoms with Crippen LogP contribution in [0.4, 0.5) is 5.69 Å². The Morgan fingerprint density at radius 3 is 2.62 bits per heavy atom. The number of nitrogens with one attached hydrogen (secondary N) is 1. The molecule has 1 atom stereocenters. The summed E-state index contributed by atoms with van der Waals surface area (Å²) in [7, 11) is 0. The molecular formula is C27H21BrIN3O4S. The zero-order chi connectivity index (χ0) is 26.1. The van der Waals surface area contributed by atoms with Crippen molar-refractivity contribution in [2.75, 3.05) is 11.9 Å². The number of carbonyl (C=O) groups excluding carboxylic acids is 1. The summed E-state index contributed by atoms with van der Waals surface area (Å²) in [5.41, 5.74) is 2.15. The van der Waals surface area contributed by atoms with E-state index < -0.39 is 6.04 Å². The van der Waals surface area contributed by atoms with Gasteiger partial charge in [0.2, 0.25) is 0 Å². The predicted octanol–water partition coefficient (Wildman–Crippen LogP) is 5.23. The van der Waals surface area contributed by atoms with Gasteiger partial charge >= 0.3 is 0 Å². The molecule has 0 radical (unpaired) electrons. The first kappa shape index (κ1) is 25.7. The maximum atomic E-state index is 13.7. The zero-order valence-corrected chi connectivity index (χ0v) is 24.4. The lowest BCUT2D eigenvalue weighted by Gasteiger charge is -2.25. The Hall–Kier alpha value is -2.96. The highest BCUT2D eigenvalue weighted by molar-refractivity contribution is 14.1. The van der Waals surface area contributed by atoms with Crippen molar-refractivity contribution in [1.82, 2.24) is 4.57 Å². The summed E-state index contributed by atoms with van der Waals surface area (Å²) in [6.45, 7) is 4.26. The van der Waals surface area contributed by atoms with Gasteiger partial charge in [0.1, 0.15) is 11.5 Å². The van der Waals surface area contributed by atoms with Crippen molar-refractivity contribution in [3.8, 4) is 5.75 Å². The number of aromatic nitrogens is 1. The Bertz CT molecular complexity index is 1670. The number of allylic oxidation sites excluding steroid dienone is 1.